The van der Waals surface area contributed by atoms with Crippen molar-refractivity contribution in [2.24, 2.45) is 5.92 Å². The van der Waals surface area contributed by atoms with Crippen molar-refractivity contribution in [1.29, 1.82) is 0 Å². The molecule has 17 heavy (non-hydrogen) atoms. The number of hydrogen-bond acceptors (Lipinski definition) is 2. The Balaban J connectivity index is 1.87. The third-order valence-electron chi connectivity index (χ3n) is 3.54. The maximum Gasteiger partial charge on any atom is 0.0487 e. The highest BCUT2D eigenvalue weighted by molar-refractivity contribution is 9.10. The Morgan fingerprint density at radius 2 is 2.06 bits per heavy atom. The molecule has 0 aliphatic carbocycles. The summed E-state index contributed by atoms with van der Waals surface area (Å²) in [6, 6.07) is 6.45. The van der Waals surface area contributed by atoms with Gasteiger partial charge in [0.05, 0.1) is 0 Å². The lowest BCUT2D eigenvalue weighted by atomic mass is 9.97. The number of nitrogens with one attached hydrogen (secondary N) is 1. The van der Waals surface area contributed by atoms with Crippen molar-refractivity contribution >= 4 is 21.6 Å². The molecule has 0 aromatic heterocycles. The first-order valence-corrected chi connectivity index (χ1v) is 7.13. The van der Waals surface area contributed by atoms with Gasteiger partial charge in [-0.15, -0.1) is 0 Å². The normalized spacial score (nSPS) is 18.3. The van der Waals surface area contributed by atoms with Crippen LogP contribution in [0.4, 0.5) is 5.69 Å². The Kier molecular flexibility index (Phi) is 4.46. The first kappa shape index (κ1) is 12.9. The quantitative estimate of drug-likeness (QED) is 0.918. The van der Waals surface area contributed by atoms with Crippen molar-refractivity contribution in [2.75, 3.05) is 32.0 Å². The van der Waals surface area contributed by atoms with Gasteiger partial charge in [0, 0.05) is 16.7 Å². The Morgan fingerprint density at radius 1 is 1.35 bits per heavy atom. The summed E-state index contributed by atoms with van der Waals surface area (Å²) >= 11 is 3.59. The molecule has 2 nitrogen and oxygen atoms in total. The third kappa shape index (κ3) is 3.71. The SMILES string of the molecule is Cc1ccc(Br)c(NCC2CCN(C)CC2)c1. The monoisotopic (exact) mass is 296 g/mol. The van der Waals surface area contributed by atoms with E-state index in [2.05, 4.69) is 58.3 Å². The topological polar surface area (TPSA) is 15.3 Å². The van der Waals surface area contributed by atoms with Crippen molar-refractivity contribution in [3.05, 3.63) is 28.2 Å². The molecule has 1 fully saturated rings. The molecule has 94 valence electrons. The van der Waals surface area contributed by atoms with Crippen LogP contribution in [0.1, 0.15) is 18.4 Å². The van der Waals surface area contributed by atoms with Gasteiger partial charge in [0.2, 0.25) is 0 Å². The molecule has 1 aromatic rings. The van der Waals surface area contributed by atoms with Crippen LogP contribution in [0.25, 0.3) is 0 Å². The molecule has 0 amide bonds. The molecule has 1 heterocycles. The highest BCUT2D eigenvalue weighted by Crippen LogP contribution is 2.24. The van der Waals surface area contributed by atoms with Gasteiger partial charge in [0.15, 0.2) is 0 Å². The number of rotatable bonds is 3. The van der Waals surface area contributed by atoms with Crippen molar-refractivity contribution in [1.82, 2.24) is 4.90 Å². The average Bonchev–Trinajstić information content (AvgIpc) is 2.32. The van der Waals surface area contributed by atoms with E-state index in [0.717, 1.165) is 16.9 Å². The minimum Gasteiger partial charge on any atom is -0.384 e. The van der Waals surface area contributed by atoms with Crippen LogP contribution in [0.2, 0.25) is 0 Å². The number of likely N-dealkylation sites (tertiary alicyclic amines) is 1. The molecule has 0 saturated carbocycles. The van der Waals surface area contributed by atoms with Gasteiger partial charge in [-0.2, -0.15) is 0 Å². The molecule has 0 unspecified atom stereocenters. The molecule has 1 N–H and O–H groups in total. The van der Waals surface area contributed by atoms with Gasteiger partial charge in [-0.1, -0.05) is 6.07 Å². The average molecular weight is 297 g/mol. The number of benzene rings is 1. The first-order valence-electron chi connectivity index (χ1n) is 6.33. The molecule has 0 spiro atoms. The molecule has 2 rings (SSSR count). The molecule has 1 aliphatic rings. The maximum absolute atomic E-state index is 3.59. The summed E-state index contributed by atoms with van der Waals surface area (Å²) in [5.41, 5.74) is 2.53. The summed E-state index contributed by atoms with van der Waals surface area (Å²) in [6.07, 6.45) is 2.62. The number of piperidine rings is 1. The van der Waals surface area contributed by atoms with E-state index in [-0.39, 0.29) is 0 Å². The third-order valence-corrected chi connectivity index (χ3v) is 4.23. The molecule has 0 bridgehead atoms. The Morgan fingerprint density at radius 3 is 2.76 bits per heavy atom. The van der Waals surface area contributed by atoms with Crippen molar-refractivity contribution < 1.29 is 0 Å². The Hall–Kier alpha value is -0.540. The van der Waals surface area contributed by atoms with Crippen LogP contribution in [-0.4, -0.2) is 31.6 Å². The van der Waals surface area contributed by atoms with Crippen molar-refractivity contribution in [2.45, 2.75) is 19.8 Å². The van der Waals surface area contributed by atoms with E-state index in [0.29, 0.717) is 0 Å². The highest BCUT2D eigenvalue weighted by atomic mass is 79.9. The smallest absolute Gasteiger partial charge is 0.0487 e. The summed E-state index contributed by atoms with van der Waals surface area (Å²) < 4.78 is 1.16. The minimum absolute atomic E-state index is 0.818. The Bertz CT molecular complexity index is 370. The highest BCUT2D eigenvalue weighted by Gasteiger charge is 2.16. The molecular weight excluding hydrogens is 276 g/mol. The van der Waals surface area contributed by atoms with Gasteiger partial charge < -0.3 is 10.2 Å². The van der Waals surface area contributed by atoms with Crippen LogP contribution < -0.4 is 5.32 Å². The van der Waals surface area contributed by atoms with Crippen LogP contribution in [0.3, 0.4) is 0 Å². The lowest BCUT2D eigenvalue weighted by Crippen LogP contribution is -2.32. The molecule has 1 saturated heterocycles. The van der Waals surface area contributed by atoms with Gasteiger partial charge in [0.1, 0.15) is 0 Å². The van der Waals surface area contributed by atoms with Crippen LogP contribution in [0.5, 0.6) is 0 Å². The largest absolute Gasteiger partial charge is 0.384 e. The zero-order chi connectivity index (χ0) is 12.3. The Labute approximate surface area is 113 Å². The van der Waals surface area contributed by atoms with Gasteiger partial charge in [-0.3, -0.25) is 0 Å². The maximum atomic E-state index is 3.59. The van der Waals surface area contributed by atoms with Gasteiger partial charge >= 0.3 is 0 Å². The van der Waals surface area contributed by atoms with Gasteiger partial charge in [-0.25, -0.2) is 0 Å². The van der Waals surface area contributed by atoms with E-state index in [1.54, 1.807) is 0 Å². The summed E-state index contributed by atoms with van der Waals surface area (Å²) in [7, 11) is 2.21. The minimum atomic E-state index is 0.818. The van der Waals surface area contributed by atoms with E-state index in [1.165, 1.54) is 37.2 Å². The van der Waals surface area contributed by atoms with E-state index in [1.807, 2.05) is 0 Å². The first-order chi connectivity index (χ1) is 8.15. The molecule has 3 heteroatoms. The predicted molar refractivity (Wildman–Crippen MR) is 77.6 cm³/mol. The fourth-order valence-corrected chi connectivity index (χ4v) is 2.68. The molecule has 1 aliphatic heterocycles. The molecular formula is C14H21BrN2. The number of halogens is 1. The summed E-state index contributed by atoms with van der Waals surface area (Å²) in [5, 5.41) is 3.57. The lowest BCUT2D eigenvalue weighted by Gasteiger charge is -2.29. The van der Waals surface area contributed by atoms with Crippen LogP contribution in [0, 0.1) is 12.8 Å². The van der Waals surface area contributed by atoms with Gasteiger partial charge in [0.25, 0.3) is 0 Å². The summed E-state index contributed by atoms with van der Waals surface area (Å²) in [5.74, 6) is 0.818. The second-order valence-electron chi connectivity index (χ2n) is 5.11. The number of nitrogens with zero attached hydrogens (tertiary/aromatic N) is 1. The summed E-state index contributed by atoms with van der Waals surface area (Å²) in [4.78, 5) is 2.42. The lowest BCUT2D eigenvalue weighted by molar-refractivity contribution is 0.226. The van der Waals surface area contributed by atoms with Crippen LogP contribution >= 0.6 is 15.9 Å². The number of hydrogen-bond donors (Lipinski definition) is 1. The van der Waals surface area contributed by atoms with Crippen LogP contribution in [-0.2, 0) is 0 Å². The molecule has 1 aromatic carbocycles. The summed E-state index contributed by atoms with van der Waals surface area (Å²) in [6.45, 7) is 5.70. The van der Waals surface area contributed by atoms with E-state index >= 15 is 0 Å². The van der Waals surface area contributed by atoms with E-state index in [4.69, 9.17) is 0 Å². The zero-order valence-corrected chi connectivity index (χ0v) is 12.3. The van der Waals surface area contributed by atoms with Crippen molar-refractivity contribution in [3.8, 4) is 0 Å². The fraction of sp³-hybridized carbons (Fsp3) is 0.571. The number of aryl methyl sites for hydroxylation is 1. The van der Waals surface area contributed by atoms with Crippen LogP contribution in [0.15, 0.2) is 22.7 Å². The van der Waals surface area contributed by atoms with Crippen molar-refractivity contribution in [3.63, 3.8) is 0 Å². The second-order valence-corrected chi connectivity index (χ2v) is 5.97. The van der Waals surface area contributed by atoms with E-state index in [9.17, 15) is 0 Å². The standard InChI is InChI=1S/C14H21BrN2/c1-11-3-4-13(15)14(9-11)16-10-12-5-7-17(2)8-6-12/h3-4,9,12,16H,5-8,10H2,1-2H3. The fourth-order valence-electron chi connectivity index (χ4n) is 2.30. The predicted octanol–water partition coefficient (Wildman–Crippen LogP) is 3.51. The molecule has 0 atom stereocenters. The number of anilines is 1. The van der Waals surface area contributed by atoms with E-state index < -0.39 is 0 Å². The van der Waals surface area contributed by atoms with Gasteiger partial charge in [-0.05, 0) is 79.4 Å². The second kappa shape index (κ2) is 5.87. The zero-order valence-electron chi connectivity index (χ0n) is 10.7. The molecule has 0 radical (unpaired) electrons.